The summed E-state index contributed by atoms with van der Waals surface area (Å²) in [6.07, 6.45) is -12.4. The van der Waals surface area contributed by atoms with E-state index in [1.165, 1.54) is 25.5 Å². The summed E-state index contributed by atoms with van der Waals surface area (Å²) in [5.74, 6) is -4.75. The van der Waals surface area contributed by atoms with Crippen molar-refractivity contribution >= 4 is 17.9 Å². The normalized spacial score (nSPS) is 37.3. The van der Waals surface area contributed by atoms with Gasteiger partial charge in [-0.3, -0.25) is 14.4 Å². The number of ether oxygens (including phenoxy) is 7. The zero-order valence-electron chi connectivity index (χ0n) is 21.1. The largest absolute Gasteiger partial charge is 0.463 e. The highest BCUT2D eigenvalue weighted by Gasteiger charge is 2.59. The molecule has 0 amide bonds. The minimum atomic E-state index is -2.27. The fourth-order valence-corrected chi connectivity index (χ4v) is 4.40. The third kappa shape index (κ3) is 6.16. The number of aliphatic hydroxyl groups is 4. The fourth-order valence-electron chi connectivity index (χ4n) is 4.40. The maximum atomic E-state index is 12.0. The van der Waals surface area contributed by atoms with Gasteiger partial charge in [-0.2, -0.15) is 0 Å². The maximum absolute atomic E-state index is 12.0. The zero-order chi connectivity index (χ0) is 28.2. The van der Waals surface area contributed by atoms with E-state index in [0.29, 0.717) is 0 Å². The predicted molar refractivity (Wildman–Crippen MR) is 119 cm³/mol. The summed E-state index contributed by atoms with van der Waals surface area (Å²) < 4.78 is 44.1. The monoisotopic (exact) mass is 548 g/mol. The SMILES string of the molecule is CO[C@H]1O[C@H](CO[C@@]2(c3ccco3)O[C@H](CO)[C@@H](O)[C@H](O)[C@@H]2O)[C@@H](OC(C)=O)[C@H](OC(C)=O)[C@H]1OC(C)=O. The van der Waals surface area contributed by atoms with Crippen LogP contribution in [0.3, 0.4) is 0 Å². The molecule has 2 fully saturated rings. The van der Waals surface area contributed by atoms with Crippen LogP contribution in [0.15, 0.2) is 22.8 Å². The first-order valence-corrected chi connectivity index (χ1v) is 11.7. The van der Waals surface area contributed by atoms with Gasteiger partial charge in [0.05, 0.1) is 19.5 Å². The van der Waals surface area contributed by atoms with Crippen molar-refractivity contribution in [3.63, 3.8) is 0 Å². The Bertz CT molecular complexity index is 949. The van der Waals surface area contributed by atoms with Crippen LogP contribution in [0.4, 0.5) is 0 Å². The van der Waals surface area contributed by atoms with E-state index in [2.05, 4.69) is 0 Å². The second-order valence-corrected chi connectivity index (χ2v) is 8.72. The molecule has 2 aliphatic rings. The molecule has 0 unspecified atom stereocenters. The van der Waals surface area contributed by atoms with E-state index in [-0.39, 0.29) is 5.76 Å². The second kappa shape index (κ2) is 12.5. The molecule has 1 aromatic rings. The van der Waals surface area contributed by atoms with E-state index in [1.54, 1.807) is 0 Å². The summed E-state index contributed by atoms with van der Waals surface area (Å²) >= 11 is 0. The first-order chi connectivity index (χ1) is 17.9. The molecule has 4 N–H and O–H groups in total. The number of carbonyl (C=O) groups is 3. The summed E-state index contributed by atoms with van der Waals surface area (Å²) in [7, 11) is 1.23. The van der Waals surface area contributed by atoms with Crippen LogP contribution in [0.25, 0.3) is 0 Å². The third-order valence-electron chi connectivity index (χ3n) is 6.01. The van der Waals surface area contributed by atoms with E-state index >= 15 is 0 Å². The topological polar surface area (TPSA) is 210 Å². The second-order valence-electron chi connectivity index (χ2n) is 8.72. The molecule has 0 aliphatic carbocycles. The van der Waals surface area contributed by atoms with Gasteiger partial charge in [-0.25, -0.2) is 0 Å². The van der Waals surface area contributed by atoms with E-state index < -0.39 is 92.0 Å². The van der Waals surface area contributed by atoms with Gasteiger partial charge >= 0.3 is 17.9 Å². The molecule has 3 rings (SSSR count). The number of carbonyl (C=O) groups excluding carboxylic acids is 3. The zero-order valence-corrected chi connectivity index (χ0v) is 21.1. The van der Waals surface area contributed by atoms with Gasteiger partial charge in [-0.1, -0.05) is 0 Å². The van der Waals surface area contributed by atoms with E-state index in [1.807, 2.05) is 0 Å². The number of esters is 3. The van der Waals surface area contributed by atoms with Crippen LogP contribution in [-0.4, -0.2) is 114 Å². The molecule has 2 saturated heterocycles. The van der Waals surface area contributed by atoms with Crippen molar-refractivity contribution in [1.29, 1.82) is 0 Å². The average molecular weight is 548 g/mol. The van der Waals surface area contributed by atoms with Gasteiger partial charge in [0.25, 0.3) is 5.79 Å². The van der Waals surface area contributed by atoms with Crippen molar-refractivity contribution in [3.8, 4) is 0 Å². The van der Waals surface area contributed by atoms with Gasteiger partial charge in [0.15, 0.2) is 30.4 Å². The lowest BCUT2D eigenvalue weighted by molar-refractivity contribution is -0.390. The molecule has 0 bridgehead atoms. The molecule has 10 atom stereocenters. The van der Waals surface area contributed by atoms with Crippen LogP contribution in [0.5, 0.6) is 0 Å². The van der Waals surface area contributed by atoms with Gasteiger partial charge in [0.1, 0.15) is 30.5 Å². The summed E-state index contributed by atoms with van der Waals surface area (Å²) in [5, 5.41) is 41.3. The van der Waals surface area contributed by atoms with Gasteiger partial charge < -0.3 is 58.0 Å². The molecule has 0 aromatic carbocycles. The van der Waals surface area contributed by atoms with Crippen LogP contribution >= 0.6 is 0 Å². The first-order valence-electron chi connectivity index (χ1n) is 11.7. The molecule has 0 saturated carbocycles. The average Bonchev–Trinajstić information content (AvgIpc) is 3.40. The van der Waals surface area contributed by atoms with Crippen molar-refractivity contribution in [2.45, 2.75) is 81.7 Å². The Kier molecular flexibility index (Phi) is 9.83. The molecule has 0 spiro atoms. The third-order valence-corrected chi connectivity index (χ3v) is 6.01. The highest BCUT2D eigenvalue weighted by Crippen LogP contribution is 2.41. The van der Waals surface area contributed by atoms with Crippen molar-refractivity contribution in [3.05, 3.63) is 24.2 Å². The molecular weight excluding hydrogens is 516 g/mol. The highest BCUT2D eigenvalue weighted by atomic mass is 16.8. The number of furan rings is 1. The minimum absolute atomic E-state index is 0.133. The quantitative estimate of drug-likeness (QED) is 0.196. The van der Waals surface area contributed by atoms with Gasteiger partial charge in [0.2, 0.25) is 0 Å². The van der Waals surface area contributed by atoms with Gasteiger partial charge in [-0.15, -0.1) is 0 Å². The minimum Gasteiger partial charge on any atom is -0.463 e. The molecule has 38 heavy (non-hydrogen) atoms. The van der Waals surface area contributed by atoms with Crippen molar-refractivity contribution in [2.75, 3.05) is 20.3 Å². The Morgan fingerprint density at radius 2 is 1.53 bits per heavy atom. The van der Waals surface area contributed by atoms with Crippen LogP contribution < -0.4 is 0 Å². The van der Waals surface area contributed by atoms with E-state index in [4.69, 9.17) is 37.6 Å². The lowest BCUT2D eigenvalue weighted by Gasteiger charge is -2.48. The highest BCUT2D eigenvalue weighted by molar-refractivity contribution is 5.68. The number of hydrogen-bond donors (Lipinski definition) is 4. The maximum Gasteiger partial charge on any atom is 0.303 e. The number of aliphatic hydroxyl groups excluding tert-OH is 4. The fraction of sp³-hybridized carbons (Fsp3) is 0.696. The van der Waals surface area contributed by atoms with Gasteiger partial charge in [0, 0.05) is 27.9 Å². The standard InChI is InChI=1S/C23H32O15/c1-10(25)34-18-14(37-22(31-4)20(36-12(3)27)19(18)35-11(2)26)9-33-23(15-6-5-7-32-15)21(30)17(29)16(28)13(8-24)38-23/h5-7,13-14,16-22,24,28-30H,8-9H2,1-4H3/t13-,14-,16-,17+,18-,19+,20-,21+,22+,23+/m1/s1. The van der Waals surface area contributed by atoms with Gasteiger partial charge in [-0.05, 0) is 12.1 Å². The molecule has 2 aliphatic heterocycles. The first kappa shape index (κ1) is 29.9. The Labute approximate surface area is 217 Å². The lowest BCUT2D eigenvalue weighted by atomic mass is 9.90. The molecule has 15 heteroatoms. The number of hydrogen-bond acceptors (Lipinski definition) is 15. The van der Waals surface area contributed by atoms with Crippen LogP contribution in [-0.2, 0) is 53.3 Å². The van der Waals surface area contributed by atoms with Crippen molar-refractivity contribution in [2.24, 2.45) is 0 Å². The molecule has 1 aromatic heterocycles. The molecule has 214 valence electrons. The summed E-state index contributed by atoms with van der Waals surface area (Å²) in [6, 6.07) is 2.81. The summed E-state index contributed by atoms with van der Waals surface area (Å²) in [4.78, 5) is 35.6. The summed E-state index contributed by atoms with van der Waals surface area (Å²) in [6.45, 7) is 1.96. The van der Waals surface area contributed by atoms with Crippen LogP contribution in [0, 0.1) is 0 Å². The summed E-state index contributed by atoms with van der Waals surface area (Å²) in [5.41, 5.74) is 0. The van der Waals surface area contributed by atoms with Crippen molar-refractivity contribution in [1.82, 2.24) is 0 Å². The Hall–Kier alpha value is -2.63. The molecule has 15 nitrogen and oxygen atoms in total. The van der Waals surface area contributed by atoms with E-state index in [0.717, 1.165) is 20.8 Å². The number of methoxy groups -OCH3 is 1. The molecule has 3 heterocycles. The molecule has 0 radical (unpaired) electrons. The van der Waals surface area contributed by atoms with Crippen LogP contribution in [0.2, 0.25) is 0 Å². The Morgan fingerprint density at radius 1 is 0.921 bits per heavy atom. The smallest absolute Gasteiger partial charge is 0.303 e. The predicted octanol–water partition coefficient (Wildman–Crippen LogP) is -1.91. The van der Waals surface area contributed by atoms with E-state index in [9.17, 15) is 34.8 Å². The molecular formula is C23H32O15. The number of rotatable bonds is 9. The Balaban J connectivity index is 1.99. The van der Waals surface area contributed by atoms with Crippen molar-refractivity contribution < 1.29 is 72.4 Å². The van der Waals surface area contributed by atoms with Crippen LogP contribution in [0.1, 0.15) is 26.5 Å². The Morgan fingerprint density at radius 3 is 2.05 bits per heavy atom. The lowest BCUT2D eigenvalue weighted by Crippen LogP contribution is -2.66.